The molecule has 0 aliphatic heterocycles. The van der Waals surface area contributed by atoms with Gasteiger partial charge in [-0.15, -0.1) is 11.3 Å². The number of hydrogen-bond donors (Lipinski definition) is 2. The zero-order valence-corrected chi connectivity index (χ0v) is 14.9. The van der Waals surface area contributed by atoms with Crippen molar-refractivity contribution >= 4 is 44.1 Å². The third-order valence-corrected chi connectivity index (χ3v) is 4.82. The predicted octanol–water partition coefficient (Wildman–Crippen LogP) is 4.53. The van der Waals surface area contributed by atoms with Crippen molar-refractivity contribution in [3.05, 3.63) is 75.6 Å². The molecule has 0 aliphatic carbocycles. The van der Waals surface area contributed by atoms with Crippen LogP contribution in [0.1, 0.15) is 20.7 Å². The van der Waals surface area contributed by atoms with E-state index in [1.165, 1.54) is 11.3 Å². The number of rotatable bonds is 4. The lowest BCUT2D eigenvalue weighted by molar-refractivity contribution is 0.100. The number of nitrogens with one attached hydrogen (secondary N) is 1. The molecule has 6 heteroatoms. The molecule has 2 aromatic carbocycles. The summed E-state index contributed by atoms with van der Waals surface area (Å²) in [5.41, 5.74) is 7.97. The van der Waals surface area contributed by atoms with E-state index < -0.39 is 5.91 Å². The molecule has 0 bridgehead atoms. The third kappa shape index (κ3) is 3.39. The highest BCUT2D eigenvalue weighted by molar-refractivity contribution is 9.10. The minimum atomic E-state index is -0.570. The van der Waals surface area contributed by atoms with Crippen molar-refractivity contribution in [2.45, 2.75) is 0 Å². The molecule has 1 aromatic heterocycles. The summed E-state index contributed by atoms with van der Waals surface area (Å²) in [7, 11) is 0. The molecule has 0 saturated carbocycles. The van der Waals surface area contributed by atoms with E-state index in [9.17, 15) is 9.59 Å². The van der Waals surface area contributed by atoms with Crippen LogP contribution in [0.15, 0.2) is 64.5 Å². The number of primary amides is 1. The van der Waals surface area contributed by atoms with Crippen LogP contribution in [0, 0.1) is 0 Å². The van der Waals surface area contributed by atoms with Crippen LogP contribution in [0.5, 0.6) is 0 Å². The monoisotopic (exact) mass is 400 g/mol. The molecule has 0 aliphatic rings. The van der Waals surface area contributed by atoms with E-state index in [0.717, 1.165) is 15.6 Å². The lowest BCUT2D eigenvalue weighted by Crippen LogP contribution is -2.17. The number of thiophene rings is 1. The maximum Gasteiger partial charge on any atom is 0.256 e. The summed E-state index contributed by atoms with van der Waals surface area (Å²) < 4.78 is 0.807. The average molecular weight is 401 g/mol. The number of halogens is 1. The fraction of sp³-hybridized carbons (Fsp3) is 0. The van der Waals surface area contributed by atoms with Crippen LogP contribution in [0.3, 0.4) is 0 Å². The first-order chi connectivity index (χ1) is 11.6. The fourth-order valence-corrected chi connectivity index (χ4v) is 3.70. The Balaban J connectivity index is 1.96. The summed E-state index contributed by atoms with van der Waals surface area (Å²) in [5, 5.41) is 5.06. The van der Waals surface area contributed by atoms with Crippen LogP contribution < -0.4 is 11.1 Å². The van der Waals surface area contributed by atoms with Crippen molar-refractivity contribution in [2.24, 2.45) is 5.73 Å². The van der Waals surface area contributed by atoms with Gasteiger partial charge in [0.2, 0.25) is 0 Å². The van der Waals surface area contributed by atoms with Gasteiger partial charge in [-0.25, -0.2) is 0 Å². The van der Waals surface area contributed by atoms with Crippen molar-refractivity contribution in [1.82, 2.24) is 0 Å². The molecular formula is C18H13BrN2O2S. The Kier molecular flexibility index (Phi) is 4.78. The number of hydrogen-bond acceptors (Lipinski definition) is 3. The van der Waals surface area contributed by atoms with E-state index in [-0.39, 0.29) is 5.91 Å². The SMILES string of the molecule is NC(=O)c1c(-c2ccccc2)csc1NC(=O)c1cccc(Br)c1. The molecule has 120 valence electrons. The number of benzene rings is 2. The van der Waals surface area contributed by atoms with Gasteiger partial charge in [-0.1, -0.05) is 52.3 Å². The summed E-state index contributed by atoms with van der Waals surface area (Å²) in [6.07, 6.45) is 0. The second-order valence-electron chi connectivity index (χ2n) is 5.05. The number of anilines is 1. The van der Waals surface area contributed by atoms with E-state index in [2.05, 4.69) is 21.2 Å². The Labute approximate surface area is 151 Å². The van der Waals surface area contributed by atoms with Crippen molar-refractivity contribution < 1.29 is 9.59 Å². The normalized spacial score (nSPS) is 10.4. The van der Waals surface area contributed by atoms with E-state index in [4.69, 9.17) is 5.73 Å². The van der Waals surface area contributed by atoms with Gasteiger partial charge in [0.15, 0.2) is 0 Å². The molecule has 0 spiro atoms. The molecule has 24 heavy (non-hydrogen) atoms. The number of nitrogens with two attached hydrogens (primary N) is 1. The van der Waals surface area contributed by atoms with Gasteiger partial charge in [0.25, 0.3) is 11.8 Å². The molecule has 0 fully saturated rings. The van der Waals surface area contributed by atoms with Gasteiger partial charge in [-0.2, -0.15) is 0 Å². The van der Waals surface area contributed by atoms with Gasteiger partial charge in [-0.05, 0) is 23.8 Å². The highest BCUT2D eigenvalue weighted by Gasteiger charge is 2.20. The molecule has 4 nitrogen and oxygen atoms in total. The molecule has 0 atom stereocenters. The van der Waals surface area contributed by atoms with E-state index in [1.54, 1.807) is 18.2 Å². The first kappa shape index (κ1) is 16.4. The van der Waals surface area contributed by atoms with Gasteiger partial charge in [-0.3, -0.25) is 9.59 Å². The molecule has 0 unspecified atom stereocenters. The van der Waals surface area contributed by atoms with E-state index in [1.807, 2.05) is 41.8 Å². The Bertz CT molecular complexity index is 906. The molecular weight excluding hydrogens is 388 g/mol. The molecule has 3 N–H and O–H groups in total. The zero-order valence-electron chi connectivity index (χ0n) is 12.5. The Morgan fingerprint density at radius 3 is 2.46 bits per heavy atom. The van der Waals surface area contributed by atoms with Gasteiger partial charge < -0.3 is 11.1 Å². The van der Waals surface area contributed by atoms with Crippen molar-refractivity contribution in [3.63, 3.8) is 0 Å². The summed E-state index contributed by atoms with van der Waals surface area (Å²) in [6, 6.07) is 16.5. The Morgan fingerprint density at radius 2 is 1.79 bits per heavy atom. The number of carbonyl (C=O) groups excluding carboxylic acids is 2. The highest BCUT2D eigenvalue weighted by atomic mass is 79.9. The predicted molar refractivity (Wildman–Crippen MR) is 100 cm³/mol. The minimum absolute atomic E-state index is 0.291. The van der Waals surface area contributed by atoms with Crippen LogP contribution in [0.2, 0.25) is 0 Å². The zero-order chi connectivity index (χ0) is 17.1. The van der Waals surface area contributed by atoms with Gasteiger partial charge in [0.1, 0.15) is 5.00 Å². The second-order valence-corrected chi connectivity index (χ2v) is 6.84. The van der Waals surface area contributed by atoms with Gasteiger partial charge in [0.05, 0.1) is 5.56 Å². The van der Waals surface area contributed by atoms with Crippen LogP contribution >= 0.6 is 27.3 Å². The first-order valence-corrected chi connectivity index (χ1v) is 8.77. The number of carbonyl (C=O) groups is 2. The van der Waals surface area contributed by atoms with Gasteiger partial charge in [0, 0.05) is 21.0 Å². The van der Waals surface area contributed by atoms with Crippen molar-refractivity contribution in [1.29, 1.82) is 0 Å². The minimum Gasteiger partial charge on any atom is -0.365 e. The second kappa shape index (κ2) is 6.98. The van der Waals surface area contributed by atoms with Crippen molar-refractivity contribution in [2.75, 3.05) is 5.32 Å². The third-order valence-electron chi connectivity index (χ3n) is 3.44. The first-order valence-electron chi connectivity index (χ1n) is 7.10. The van der Waals surface area contributed by atoms with E-state index >= 15 is 0 Å². The molecule has 3 aromatic rings. The summed E-state index contributed by atoms with van der Waals surface area (Å²) in [5.74, 6) is -0.861. The quantitative estimate of drug-likeness (QED) is 0.674. The molecule has 1 heterocycles. The van der Waals surface area contributed by atoms with Crippen LogP contribution in [-0.2, 0) is 0 Å². The molecule has 2 amide bonds. The molecule has 0 saturated heterocycles. The standard InChI is InChI=1S/C18H13BrN2O2S/c19-13-8-4-7-12(9-13)17(23)21-18-15(16(20)22)14(10-24-18)11-5-2-1-3-6-11/h1-10H,(H2,20,22)(H,21,23). The lowest BCUT2D eigenvalue weighted by atomic mass is 10.0. The van der Waals surface area contributed by atoms with Crippen LogP contribution in [0.4, 0.5) is 5.00 Å². The van der Waals surface area contributed by atoms with Crippen molar-refractivity contribution in [3.8, 4) is 11.1 Å². The fourth-order valence-electron chi connectivity index (χ4n) is 2.33. The van der Waals surface area contributed by atoms with E-state index in [0.29, 0.717) is 16.1 Å². The van der Waals surface area contributed by atoms with Gasteiger partial charge >= 0.3 is 0 Å². The maximum atomic E-state index is 12.4. The van der Waals surface area contributed by atoms with Crippen LogP contribution in [0.25, 0.3) is 11.1 Å². The summed E-state index contributed by atoms with van der Waals surface area (Å²) in [4.78, 5) is 24.3. The highest BCUT2D eigenvalue weighted by Crippen LogP contribution is 2.35. The largest absolute Gasteiger partial charge is 0.365 e. The van der Waals surface area contributed by atoms with Crippen LogP contribution in [-0.4, -0.2) is 11.8 Å². The lowest BCUT2D eigenvalue weighted by Gasteiger charge is -2.07. The number of amides is 2. The Hall–Kier alpha value is -2.44. The average Bonchev–Trinajstić information content (AvgIpc) is 2.99. The topological polar surface area (TPSA) is 72.2 Å². The summed E-state index contributed by atoms with van der Waals surface area (Å²) in [6.45, 7) is 0. The summed E-state index contributed by atoms with van der Waals surface area (Å²) >= 11 is 4.62. The maximum absolute atomic E-state index is 12.4. The Morgan fingerprint density at radius 1 is 1.04 bits per heavy atom. The smallest absolute Gasteiger partial charge is 0.256 e. The molecule has 3 rings (SSSR count). The molecule has 0 radical (unpaired) electrons.